The van der Waals surface area contributed by atoms with E-state index >= 15 is 0 Å². The average Bonchev–Trinajstić information content (AvgIpc) is 1.79. The molecule has 9 N–H and O–H groups in total. The van der Waals surface area contributed by atoms with E-state index in [0.717, 1.165) is 36.0 Å². The summed E-state index contributed by atoms with van der Waals surface area (Å²) in [6.07, 6.45) is 17.5. The normalized spacial score (nSPS) is 22.8. The number of benzene rings is 3. The van der Waals surface area contributed by atoms with Crippen LogP contribution >= 0.6 is 0 Å². The maximum absolute atomic E-state index is 14.8. The molecule has 19 nitrogen and oxygen atoms in total. The Morgan fingerprint density at radius 3 is 1.64 bits per heavy atom. The molecule has 11 atom stereocenters. The maximum atomic E-state index is 14.8. The van der Waals surface area contributed by atoms with Gasteiger partial charge in [-0.05, 0) is 139 Å². The van der Waals surface area contributed by atoms with Gasteiger partial charge >= 0.3 is 0 Å². The molecule has 0 spiro atoms. The van der Waals surface area contributed by atoms with Gasteiger partial charge in [-0.15, -0.1) is 0 Å². The summed E-state index contributed by atoms with van der Waals surface area (Å²) in [7, 11) is 3.43. The van der Waals surface area contributed by atoms with E-state index < -0.39 is 66.1 Å². The lowest BCUT2D eigenvalue weighted by atomic mass is 9.90. The summed E-state index contributed by atoms with van der Waals surface area (Å²) in [5, 5.41) is 28.1. The van der Waals surface area contributed by atoms with Gasteiger partial charge < -0.3 is 57.7 Å². The molecule has 8 amide bonds. The van der Waals surface area contributed by atoms with Crippen LogP contribution in [0.5, 0.6) is 0 Å². The highest BCUT2D eigenvalue weighted by molar-refractivity contribution is 5.97. The Labute approximate surface area is 527 Å². The standard InChI is InChI=1S/C70H99N11O8/c1-7-10-17-26-47(4)60(76-66(85)57-40-38-53-36-34-51(42-44-73-45-48-27-18-14-19-28-48)62(69(88)80(53)57)78-64(83)55(8-2)71-5)68(87)74-43-25-13-11-12-24-33-59(82)75-46-52-35-37-54-39-41-58(81(54)70(89)63(52)79-65(84)56(9-3)72-6)67(86)77-61(49-29-20-15-21-30-49)50-31-22-16-23-32-50/h7,10,14-23,26-32,51-58,60-63,71-73H,4,8-9,11-13,24-25,33-46H2,1-3,5-6H3,(H,74,87)(H,75,82)(H,76,85)(H,77,86)(H,78,83)(H,79,84)/b10-7-,26-17-/t51-,52-,53?,54+,55+,56+,57+,58+,60+,62+,63+/m1/s1. The summed E-state index contributed by atoms with van der Waals surface area (Å²) in [6.45, 7) is 11.7. The van der Waals surface area contributed by atoms with Crippen LogP contribution in [0.2, 0.25) is 0 Å². The van der Waals surface area contributed by atoms with Crippen LogP contribution in [0.1, 0.15) is 153 Å². The van der Waals surface area contributed by atoms with Gasteiger partial charge in [0.15, 0.2) is 0 Å². The van der Waals surface area contributed by atoms with Crippen molar-refractivity contribution >= 4 is 47.3 Å². The van der Waals surface area contributed by atoms with Crippen LogP contribution in [0.25, 0.3) is 0 Å². The first-order valence-corrected chi connectivity index (χ1v) is 32.8. The number of hydrogen-bond acceptors (Lipinski definition) is 11. The molecule has 0 saturated carbocycles. The molecular formula is C70H99N11O8. The van der Waals surface area contributed by atoms with Gasteiger partial charge in [-0.3, -0.25) is 38.4 Å². The van der Waals surface area contributed by atoms with Gasteiger partial charge in [-0.25, -0.2) is 0 Å². The fourth-order valence-electron chi connectivity index (χ4n) is 13.4. The van der Waals surface area contributed by atoms with E-state index in [1.54, 1.807) is 36.0 Å². The third kappa shape index (κ3) is 19.3. The Balaban J connectivity index is 0.891. The van der Waals surface area contributed by atoms with Gasteiger partial charge in [0.05, 0.1) is 18.1 Å². The van der Waals surface area contributed by atoms with E-state index in [4.69, 9.17) is 0 Å². The predicted molar refractivity (Wildman–Crippen MR) is 347 cm³/mol. The van der Waals surface area contributed by atoms with E-state index in [1.807, 2.05) is 112 Å². The zero-order valence-electron chi connectivity index (χ0n) is 53.1. The van der Waals surface area contributed by atoms with Gasteiger partial charge in [-0.2, -0.15) is 0 Å². The highest BCUT2D eigenvalue weighted by Crippen LogP contribution is 2.37. The number of hydrogen-bond donors (Lipinski definition) is 9. The van der Waals surface area contributed by atoms with Crippen molar-refractivity contribution < 1.29 is 38.4 Å². The SMILES string of the molecule is C=C(/C=C\C=C/C)[C@H](NC(=O)[C@@H]1CCC2CC[C@H](CCNCc3ccccc3)[C@H](NC(=O)[C@H](CC)NC)C(=O)N21)C(=O)NCCCCCCCC(=O)NC[C@H]1CC[C@H]2CC[C@@H](C(=O)NC(c3ccccc3)c3ccccc3)N2C(=O)[C@H]1NC(=O)[C@H](CC)NC. The van der Waals surface area contributed by atoms with Crippen molar-refractivity contribution in [3.63, 3.8) is 0 Å². The van der Waals surface area contributed by atoms with Crippen molar-refractivity contribution in [2.45, 2.75) is 197 Å². The molecule has 7 rings (SSSR count). The van der Waals surface area contributed by atoms with Crippen molar-refractivity contribution in [2.24, 2.45) is 11.8 Å². The molecule has 4 aliphatic heterocycles. The van der Waals surface area contributed by atoms with E-state index in [1.165, 1.54) is 0 Å². The first kappa shape index (κ1) is 69.0. The van der Waals surface area contributed by atoms with E-state index in [9.17, 15) is 38.4 Å². The fourth-order valence-corrected chi connectivity index (χ4v) is 13.4. The van der Waals surface area contributed by atoms with Crippen molar-refractivity contribution in [1.82, 2.24) is 57.7 Å². The predicted octanol–water partition coefficient (Wildman–Crippen LogP) is 6.32. The number of nitrogens with zero attached hydrogens (tertiary/aromatic N) is 2. The lowest BCUT2D eigenvalue weighted by Crippen LogP contribution is -2.59. The molecule has 482 valence electrons. The van der Waals surface area contributed by atoms with E-state index in [0.29, 0.717) is 109 Å². The topological polar surface area (TPSA) is 251 Å². The molecule has 0 radical (unpaired) electrons. The second kappa shape index (κ2) is 35.6. The molecule has 0 aliphatic carbocycles. The number of rotatable bonds is 33. The van der Waals surface area contributed by atoms with Crippen LogP contribution in [0.3, 0.4) is 0 Å². The second-order valence-corrected chi connectivity index (χ2v) is 24.4. The number of allylic oxidation sites excluding steroid dienone is 3. The minimum atomic E-state index is -1.10. The molecule has 4 heterocycles. The van der Waals surface area contributed by atoms with Crippen LogP contribution in [-0.2, 0) is 44.9 Å². The van der Waals surface area contributed by atoms with Gasteiger partial charge in [0.1, 0.15) is 30.2 Å². The summed E-state index contributed by atoms with van der Waals surface area (Å²) in [4.78, 5) is 117. The van der Waals surface area contributed by atoms with Crippen molar-refractivity contribution in [1.29, 1.82) is 0 Å². The molecule has 4 fully saturated rings. The first-order valence-electron chi connectivity index (χ1n) is 32.8. The Hall–Kier alpha value is -7.48. The molecule has 4 saturated heterocycles. The van der Waals surface area contributed by atoms with Crippen molar-refractivity contribution in [2.75, 3.05) is 33.7 Å². The zero-order chi connectivity index (χ0) is 63.7. The van der Waals surface area contributed by atoms with Crippen LogP contribution < -0.4 is 47.9 Å². The van der Waals surface area contributed by atoms with Crippen molar-refractivity contribution in [3.05, 3.63) is 144 Å². The molecule has 0 aromatic heterocycles. The van der Waals surface area contributed by atoms with Crippen molar-refractivity contribution in [3.8, 4) is 0 Å². The minimum Gasteiger partial charge on any atom is -0.356 e. The van der Waals surface area contributed by atoms with Gasteiger partial charge in [0.2, 0.25) is 47.3 Å². The number of nitrogens with one attached hydrogen (secondary N) is 9. The number of likely N-dealkylation sites (N-methyl/N-ethyl adjacent to an activating group) is 2. The third-order valence-corrected chi connectivity index (χ3v) is 18.5. The Morgan fingerprint density at radius 2 is 1.09 bits per heavy atom. The lowest BCUT2D eigenvalue weighted by Gasteiger charge is -2.33. The van der Waals surface area contributed by atoms with Crippen LogP contribution in [0.4, 0.5) is 0 Å². The number of amides is 8. The van der Waals surface area contributed by atoms with Gasteiger partial charge in [-0.1, -0.05) is 155 Å². The van der Waals surface area contributed by atoms with E-state index in [2.05, 4.69) is 66.6 Å². The Kier molecular flexibility index (Phi) is 27.6. The Bertz CT molecular complexity index is 2830. The lowest BCUT2D eigenvalue weighted by molar-refractivity contribution is -0.144. The molecule has 3 aromatic rings. The molecule has 89 heavy (non-hydrogen) atoms. The van der Waals surface area contributed by atoms with Crippen LogP contribution in [0, 0.1) is 11.8 Å². The smallest absolute Gasteiger partial charge is 0.247 e. The molecule has 1 unspecified atom stereocenters. The van der Waals surface area contributed by atoms with Crippen LogP contribution in [0.15, 0.2) is 127 Å². The van der Waals surface area contributed by atoms with E-state index in [-0.39, 0.29) is 66.4 Å². The molecular weight excluding hydrogens is 1120 g/mol. The molecule has 19 heteroatoms. The number of fused-ring (bicyclic) bond motifs is 2. The van der Waals surface area contributed by atoms with Crippen LogP contribution in [-0.4, -0.2) is 145 Å². The minimum absolute atomic E-state index is 0.149. The highest BCUT2D eigenvalue weighted by Gasteiger charge is 2.50. The molecule has 0 bridgehead atoms. The fraction of sp³-hybridized carbons (Fsp3) is 0.543. The van der Waals surface area contributed by atoms with Gasteiger partial charge in [0.25, 0.3) is 0 Å². The summed E-state index contributed by atoms with van der Waals surface area (Å²) in [6, 6.07) is 23.3. The number of carbonyl (C=O) groups is 8. The summed E-state index contributed by atoms with van der Waals surface area (Å²) in [5.41, 5.74) is 3.38. The zero-order valence-corrected chi connectivity index (χ0v) is 53.1. The first-order chi connectivity index (χ1) is 43.2. The van der Waals surface area contributed by atoms with Gasteiger partial charge in [0, 0.05) is 44.1 Å². The number of carbonyl (C=O) groups excluding carboxylic acids is 8. The average molecular weight is 1220 g/mol. The maximum Gasteiger partial charge on any atom is 0.247 e. The monoisotopic (exact) mass is 1220 g/mol. The number of unbranched alkanes of at least 4 members (excludes halogenated alkanes) is 4. The summed E-state index contributed by atoms with van der Waals surface area (Å²) >= 11 is 0. The molecule has 4 aliphatic rings. The Morgan fingerprint density at radius 1 is 0.584 bits per heavy atom. The quantitative estimate of drug-likeness (QED) is 0.0241. The second-order valence-electron chi connectivity index (χ2n) is 24.4. The highest BCUT2D eigenvalue weighted by atomic mass is 16.2. The molecule has 3 aromatic carbocycles. The third-order valence-electron chi connectivity index (χ3n) is 18.5. The summed E-state index contributed by atoms with van der Waals surface area (Å²) < 4.78 is 0. The summed E-state index contributed by atoms with van der Waals surface area (Å²) in [5.74, 6) is -2.97. The largest absolute Gasteiger partial charge is 0.356 e.